The van der Waals surface area contributed by atoms with Gasteiger partial charge in [-0.2, -0.15) is 0 Å². The lowest BCUT2D eigenvalue weighted by molar-refractivity contribution is -0.120. The van der Waals surface area contributed by atoms with Crippen LogP contribution >= 0.6 is 0 Å². The van der Waals surface area contributed by atoms with Crippen LogP contribution in [0.5, 0.6) is 5.75 Å². The van der Waals surface area contributed by atoms with E-state index in [2.05, 4.69) is 5.32 Å². The molecule has 5 heteroatoms. The SMILES string of the molecule is O=C(Nc1ccc2c(c1)C(=O)N1CCCCC1CCO2)C1CCCCC1. The summed E-state index contributed by atoms with van der Waals surface area (Å²) in [5.74, 6) is 0.858. The topological polar surface area (TPSA) is 58.6 Å². The molecular weight excluding hydrogens is 328 g/mol. The van der Waals surface area contributed by atoms with Crippen LogP contribution in [0, 0.1) is 5.92 Å². The number of hydrogen-bond acceptors (Lipinski definition) is 3. The number of carbonyl (C=O) groups is 2. The van der Waals surface area contributed by atoms with Crippen molar-refractivity contribution in [3.8, 4) is 5.75 Å². The fourth-order valence-corrected chi connectivity index (χ4v) is 4.54. The molecule has 1 atom stereocenters. The minimum Gasteiger partial charge on any atom is -0.493 e. The van der Waals surface area contributed by atoms with Gasteiger partial charge in [-0.3, -0.25) is 9.59 Å². The second-order valence-electron chi connectivity index (χ2n) is 7.82. The first kappa shape index (κ1) is 17.4. The van der Waals surface area contributed by atoms with Gasteiger partial charge in [0.1, 0.15) is 5.75 Å². The van der Waals surface area contributed by atoms with Crippen LogP contribution in [0.1, 0.15) is 68.1 Å². The van der Waals surface area contributed by atoms with Crippen molar-refractivity contribution in [1.82, 2.24) is 4.90 Å². The molecule has 1 saturated heterocycles. The number of carbonyl (C=O) groups excluding carboxylic acids is 2. The third-order valence-electron chi connectivity index (χ3n) is 6.05. The van der Waals surface area contributed by atoms with Crippen molar-refractivity contribution in [2.75, 3.05) is 18.5 Å². The number of piperidine rings is 1. The molecule has 3 aliphatic rings. The zero-order valence-corrected chi connectivity index (χ0v) is 15.3. The van der Waals surface area contributed by atoms with Crippen LogP contribution in [0.25, 0.3) is 0 Å². The van der Waals surface area contributed by atoms with Crippen LogP contribution in [-0.4, -0.2) is 35.9 Å². The number of benzene rings is 1. The molecule has 1 aliphatic carbocycles. The maximum atomic E-state index is 13.1. The van der Waals surface area contributed by atoms with Crippen molar-refractivity contribution in [2.24, 2.45) is 5.92 Å². The van der Waals surface area contributed by atoms with Gasteiger partial charge in [-0.1, -0.05) is 19.3 Å². The number of ether oxygens (including phenoxy) is 1. The minimum absolute atomic E-state index is 0.0400. The van der Waals surface area contributed by atoms with Crippen molar-refractivity contribution < 1.29 is 14.3 Å². The Morgan fingerprint density at radius 1 is 1.04 bits per heavy atom. The third kappa shape index (κ3) is 3.57. The molecule has 140 valence electrons. The van der Waals surface area contributed by atoms with E-state index in [0.29, 0.717) is 23.6 Å². The summed E-state index contributed by atoms with van der Waals surface area (Å²) < 4.78 is 5.86. The molecule has 2 amide bonds. The average molecular weight is 356 g/mol. The highest BCUT2D eigenvalue weighted by Gasteiger charge is 2.31. The zero-order valence-electron chi connectivity index (χ0n) is 15.3. The van der Waals surface area contributed by atoms with Crippen LogP contribution in [0.2, 0.25) is 0 Å². The van der Waals surface area contributed by atoms with Crippen LogP contribution in [-0.2, 0) is 4.79 Å². The Bertz CT molecular complexity index is 682. The monoisotopic (exact) mass is 356 g/mol. The Kier molecular flexibility index (Phi) is 5.14. The summed E-state index contributed by atoms with van der Waals surface area (Å²) in [6.07, 6.45) is 9.62. The highest BCUT2D eigenvalue weighted by atomic mass is 16.5. The lowest BCUT2D eigenvalue weighted by Gasteiger charge is -2.37. The van der Waals surface area contributed by atoms with Crippen LogP contribution in [0.3, 0.4) is 0 Å². The first-order valence-electron chi connectivity index (χ1n) is 10.1. The molecule has 5 nitrogen and oxygen atoms in total. The number of fused-ring (bicyclic) bond motifs is 2. The second kappa shape index (κ2) is 7.68. The quantitative estimate of drug-likeness (QED) is 0.872. The van der Waals surface area contributed by atoms with Gasteiger partial charge in [-0.25, -0.2) is 0 Å². The molecular formula is C21H28N2O3. The summed E-state index contributed by atoms with van der Waals surface area (Å²) >= 11 is 0. The normalized spacial score (nSPS) is 23.9. The molecule has 1 N–H and O–H groups in total. The van der Waals surface area contributed by atoms with Crippen LogP contribution in [0.15, 0.2) is 18.2 Å². The van der Waals surface area contributed by atoms with E-state index in [4.69, 9.17) is 4.74 Å². The number of nitrogens with zero attached hydrogens (tertiary/aromatic N) is 1. The number of amides is 2. The molecule has 1 aromatic carbocycles. The minimum atomic E-state index is 0.0400. The van der Waals surface area contributed by atoms with Gasteiger partial charge >= 0.3 is 0 Å². The van der Waals surface area contributed by atoms with E-state index < -0.39 is 0 Å². The summed E-state index contributed by atoms with van der Waals surface area (Å²) in [5.41, 5.74) is 1.28. The summed E-state index contributed by atoms with van der Waals surface area (Å²) in [6.45, 7) is 1.46. The van der Waals surface area contributed by atoms with Crippen molar-refractivity contribution in [3.63, 3.8) is 0 Å². The van der Waals surface area contributed by atoms with E-state index in [1.807, 2.05) is 17.0 Å². The highest BCUT2D eigenvalue weighted by molar-refractivity contribution is 6.00. The summed E-state index contributed by atoms with van der Waals surface area (Å²) in [7, 11) is 0. The van der Waals surface area contributed by atoms with Gasteiger partial charge in [0.25, 0.3) is 5.91 Å². The van der Waals surface area contributed by atoms with E-state index in [0.717, 1.165) is 51.5 Å². The summed E-state index contributed by atoms with van der Waals surface area (Å²) in [6, 6.07) is 5.76. The molecule has 2 fully saturated rings. The van der Waals surface area contributed by atoms with Gasteiger partial charge in [0, 0.05) is 30.6 Å². The predicted molar refractivity (Wildman–Crippen MR) is 100 cm³/mol. The molecule has 2 heterocycles. The van der Waals surface area contributed by atoms with Gasteiger partial charge in [0.05, 0.1) is 12.2 Å². The lowest BCUT2D eigenvalue weighted by atomic mass is 9.88. The smallest absolute Gasteiger partial charge is 0.257 e. The van der Waals surface area contributed by atoms with E-state index in [-0.39, 0.29) is 23.8 Å². The molecule has 1 saturated carbocycles. The average Bonchev–Trinajstić information content (AvgIpc) is 2.68. The summed E-state index contributed by atoms with van der Waals surface area (Å²) in [5, 5.41) is 3.03. The van der Waals surface area contributed by atoms with Gasteiger partial charge in [0.15, 0.2) is 0 Å². The molecule has 2 aliphatic heterocycles. The Balaban J connectivity index is 1.54. The van der Waals surface area contributed by atoms with Crippen molar-refractivity contribution in [3.05, 3.63) is 23.8 Å². The van der Waals surface area contributed by atoms with E-state index >= 15 is 0 Å². The number of anilines is 1. The number of nitrogens with one attached hydrogen (secondary N) is 1. The maximum absolute atomic E-state index is 13.1. The van der Waals surface area contributed by atoms with Gasteiger partial charge < -0.3 is 15.0 Å². The molecule has 26 heavy (non-hydrogen) atoms. The Hall–Kier alpha value is -2.04. The predicted octanol–water partition coefficient (Wildman–Crippen LogP) is 3.98. The third-order valence-corrected chi connectivity index (χ3v) is 6.05. The molecule has 0 aromatic heterocycles. The van der Waals surface area contributed by atoms with E-state index in [1.165, 1.54) is 12.8 Å². The lowest BCUT2D eigenvalue weighted by Crippen LogP contribution is -2.45. The van der Waals surface area contributed by atoms with Gasteiger partial charge in [-0.05, 0) is 50.3 Å². The first-order valence-corrected chi connectivity index (χ1v) is 10.1. The largest absolute Gasteiger partial charge is 0.493 e. The van der Waals surface area contributed by atoms with E-state index in [9.17, 15) is 9.59 Å². The van der Waals surface area contributed by atoms with E-state index in [1.54, 1.807) is 6.07 Å². The molecule has 0 bridgehead atoms. The van der Waals surface area contributed by atoms with Crippen molar-refractivity contribution in [1.29, 1.82) is 0 Å². The first-order chi connectivity index (χ1) is 12.7. The van der Waals surface area contributed by atoms with Crippen LogP contribution < -0.4 is 10.1 Å². The van der Waals surface area contributed by atoms with Gasteiger partial charge in [-0.15, -0.1) is 0 Å². The van der Waals surface area contributed by atoms with Gasteiger partial charge in [0.2, 0.25) is 5.91 Å². The molecule has 1 unspecified atom stereocenters. The highest BCUT2D eigenvalue weighted by Crippen LogP contribution is 2.31. The summed E-state index contributed by atoms with van der Waals surface area (Å²) in [4.78, 5) is 27.6. The molecule has 1 aromatic rings. The Morgan fingerprint density at radius 2 is 1.85 bits per heavy atom. The maximum Gasteiger partial charge on any atom is 0.257 e. The van der Waals surface area contributed by atoms with Crippen molar-refractivity contribution in [2.45, 2.75) is 63.8 Å². The Morgan fingerprint density at radius 3 is 2.69 bits per heavy atom. The molecule has 0 radical (unpaired) electrons. The Labute approximate surface area is 155 Å². The fourth-order valence-electron chi connectivity index (χ4n) is 4.54. The molecule has 0 spiro atoms. The zero-order chi connectivity index (χ0) is 17.9. The molecule has 4 rings (SSSR count). The van der Waals surface area contributed by atoms with Crippen molar-refractivity contribution >= 4 is 17.5 Å². The van der Waals surface area contributed by atoms with Crippen LogP contribution in [0.4, 0.5) is 5.69 Å². The number of hydrogen-bond donors (Lipinski definition) is 1. The second-order valence-corrected chi connectivity index (χ2v) is 7.82. The standard InChI is InChI=1S/C21H28N2O3/c24-20(15-6-2-1-3-7-15)22-16-9-10-19-18(14-16)21(25)23-12-5-4-8-17(23)11-13-26-19/h9-10,14-15,17H,1-8,11-13H2,(H,22,24). The fraction of sp³-hybridized carbons (Fsp3) is 0.619. The number of rotatable bonds is 2.